The van der Waals surface area contributed by atoms with Gasteiger partial charge in [-0.05, 0) is 12.3 Å². The van der Waals surface area contributed by atoms with E-state index >= 15 is 0 Å². The molecule has 0 aliphatic heterocycles. The van der Waals surface area contributed by atoms with Crippen molar-refractivity contribution in [3.8, 4) is 12.0 Å². The minimum atomic E-state index is 0.233. The lowest BCUT2D eigenvalue weighted by Gasteiger charge is -2.09. The molecule has 0 unspecified atom stereocenters. The first-order chi connectivity index (χ1) is 9.65. The summed E-state index contributed by atoms with van der Waals surface area (Å²) in [7, 11) is 1.51. The van der Waals surface area contributed by atoms with Gasteiger partial charge in [-0.3, -0.25) is 0 Å². The number of nitrogens with one attached hydrogen (secondary N) is 1. The molecule has 0 aliphatic carbocycles. The number of hydrogen-bond acceptors (Lipinski definition) is 7. The van der Waals surface area contributed by atoms with Crippen LogP contribution in [0.4, 0.5) is 5.95 Å². The summed E-state index contributed by atoms with van der Waals surface area (Å²) < 4.78 is 15.9. The van der Waals surface area contributed by atoms with Gasteiger partial charge in [-0.15, -0.1) is 4.98 Å². The molecule has 0 saturated carbocycles. The smallest absolute Gasteiger partial charge is 0.324 e. The van der Waals surface area contributed by atoms with Crippen molar-refractivity contribution in [1.29, 1.82) is 0 Å². The number of ether oxygens (including phenoxy) is 3. The Labute approximate surface area is 120 Å². The quantitative estimate of drug-likeness (QED) is 0.656. The highest BCUT2D eigenvalue weighted by molar-refractivity contribution is 5.27. The van der Waals surface area contributed by atoms with Crippen LogP contribution in [0.2, 0.25) is 0 Å². The van der Waals surface area contributed by atoms with Gasteiger partial charge < -0.3 is 19.5 Å². The van der Waals surface area contributed by atoms with Crippen LogP contribution in [0.1, 0.15) is 27.2 Å². The second-order valence-corrected chi connectivity index (χ2v) is 4.67. The van der Waals surface area contributed by atoms with E-state index in [0.717, 1.165) is 13.0 Å². The molecule has 0 fully saturated rings. The molecule has 0 saturated heterocycles. The first kappa shape index (κ1) is 16.4. The first-order valence-corrected chi connectivity index (χ1v) is 6.90. The largest absolute Gasteiger partial charge is 0.467 e. The molecular weight excluding hydrogens is 260 g/mol. The molecule has 0 bridgehead atoms. The summed E-state index contributed by atoms with van der Waals surface area (Å²) in [4.78, 5) is 12.3. The second kappa shape index (κ2) is 9.30. The summed E-state index contributed by atoms with van der Waals surface area (Å²) >= 11 is 0. The molecule has 0 spiro atoms. The molecule has 1 heterocycles. The number of nitrogens with zero attached hydrogens (tertiary/aromatic N) is 3. The first-order valence-electron chi connectivity index (χ1n) is 6.90. The fourth-order valence-corrected chi connectivity index (χ4v) is 1.32. The van der Waals surface area contributed by atoms with E-state index in [4.69, 9.17) is 14.2 Å². The van der Waals surface area contributed by atoms with E-state index in [-0.39, 0.29) is 12.0 Å². The summed E-state index contributed by atoms with van der Waals surface area (Å²) in [6.07, 6.45) is 0.979. The summed E-state index contributed by atoms with van der Waals surface area (Å²) in [5.74, 6) is 0.967. The standard InChI is InChI=1S/C13H24N4O3/c1-5-6-14-11-15-12(18-4)17-13(16-11)20-8-7-19-9-10(2)3/h10H,5-9H2,1-4H3,(H,14,15,16,17). The molecule has 20 heavy (non-hydrogen) atoms. The van der Waals surface area contributed by atoms with Crippen molar-refractivity contribution >= 4 is 5.95 Å². The van der Waals surface area contributed by atoms with Gasteiger partial charge in [0.15, 0.2) is 0 Å². The SMILES string of the molecule is CCCNc1nc(OC)nc(OCCOCC(C)C)n1. The second-order valence-electron chi connectivity index (χ2n) is 4.67. The Bertz CT molecular complexity index is 388. The van der Waals surface area contributed by atoms with E-state index in [1.807, 2.05) is 0 Å². The lowest BCUT2D eigenvalue weighted by molar-refractivity contribution is 0.0789. The highest BCUT2D eigenvalue weighted by atomic mass is 16.5. The number of rotatable bonds is 10. The third kappa shape index (κ3) is 6.51. The van der Waals surface area contributed by atoms with Gasteiger partial charge in [0.25, 0.3) is 0 Å². The Kier molecular flexibility index (Phi) is 7.64. The van der Waals surface area contributed by atoms with Gasteiger partial charge in [0.2, 0.25) is 5.95 Å². The molecule has 7 heteroatoms. The van der Waals surface area contributed by atoms with Crippen LogP contribution in [0.5, 0.6) is 12.0 Å². The van der Waals surface area contributed by atoms with Crippen molar-refractivity contribution in [3.63, 3.8) is 0 Å². The Hall–Kier alpha value is -1.63. The fourth-order valence-electron chi connectivity index (χ4n) is 1.32. The maximum atomic E-state index is 5.44. The Morgan fingerprint density at radius 2 is 1.85 bits per heavy atom. The molecule has 0 amide bonds. The van der Waals surface area contributed by atoms with Crippen molar-refractivity contribution in [2.45, 2.75) is 27.2 Å². The Balaban J connectivity index is 2.46. The molecule has 0 radical (unpaired) electrons. The van der Waals surface area contributed by atoms with Crippen LogP contribution in [0.25, 0.3) is 0 Å². The number of methoxy groups -OCH3 is 1. The number of aromatic nitrogens is 3. The average Bonchev–Trinajstić information content (AvgIpc) is 2.44. The number of hydrogen-bond donors (Lipinski definition) is 1. The average molecular weight is 284 g/mol. The lowest BCUT2D eigenvalue weighted by Crippen LogP contribution is -2.13. The predicted molar refractivity (Wildman–Crippen MR) is 76.3 cm³/mol. The summed E-state index contributed by atoms with van der Waals surface area (Å²) in [5.41, 5.74) is 0. The van der Waals surface area contributed by atoms with Gasteiger partial charge in [0.05, 0.1) is 13.7 Å². The molecule has 0 aliphatic rings. The molecule has 1 aromatic rings. The third-order valence-electron chi connectivity index (χ3n) is 2.22. The van der Waals surface area contributed by atoms with Crippen LogP contribution in [0, 0.1) is 5.92 Å². The number of anilines is 1. The van der Waals surface area contributed by atoms with E-state index < -0.39 is 0 Å². The van der Waals surface area contributed by atoms with E-state index in [9.17, 15) is 0 Å². The van der Waals surface area contributed by atoms with E-state index in [2.05, 4.69) is 41.0 Å². The zero-order chi connectivity index (χ0) is 14.8. The van der Waals surface area contributed by atoms with Crippen molar-refractivity contribution < 1.29 is 14.2 Å². The van der Waals surface area contributed by atoms with E-state index in [0.29, 0.717) is 31.7 Å². The summed E-state index contributed by atoms with van der Waals surface area (Å²) in [6, 6.07) is 0.473. The zero-order valence-corrected chi connectivity index (χ0v) is 12.7. The minimum absolute atomic E-state index is 0.233. The highest BCUT2D eigenvalue weighted by Crippen LogP contribution is 2.12. The van der Waals surface area contributed by atoms with E-state index in [1.54, 1.807) is 0 Å². The molecular formula is C13H24N4O3. The molecule has 0 atom stereocenters. The summed E-state index contributed by atoms with van der Waals surface area (Å²) in [6.45, 7) is 8.66. The maximum Gasteiger partial charge on any atom is 0.324 e. The van der Waals surface area contributed by atoms with E-state index in [1.165, 1.54) is 7.11 Å². The fraction of sp³-hybridized carbons (Fsp3) is 0.769. The summed E-state index contributed by atoms with van der Waals surface area (Å²) in [5, 5.41) is 3.07. The van der Waals surface area contributed by atoms with Crippen LogP contribution < -0.4 is 14.8 Å². The normalized spacial score (nSPS) is 10.7. The molecule has 1 N–H and O–H groups in total. The highest BCUT2D eigenvalue weighted by Gasteiger charge is 2.07. The van der Waals surface area contributed by atoms with Crippen LogP contribution >= 0.6 is 0 Å². The molecule has 0 aromatic carbocycles. The topological polar surface area (TPSA) is 78.4 Å². The Morgan fingerprint density at radius 3 is 2.50 bits per heavy atom. The van der Waals surface area contributed by atoms with Crippen LogP contribution in [-0.4, -0.2) is 48.4 Å². The van der Waals surface area contributed by atoms with Gasteiger partial charge in [-0.25, -0.2) is 0 Å². The van der Waals surface area contributed by atoms with Crippen molar-refractivity contribution in [2.24, 2.45) is 5.92 Å². The van der Waals surface area contributed by atoms with Gasteiger partial charge in [0, 0.05) is 13.2 Å². The van der Waals surface area contributed by atoms with Gasteiger partial charge in [-0.1, -0.05) is 20.8 Å². The van der Waals surface area contributed by atoms with Crippen molar-refractivity contribution in [2.75, 3.05) is 38.8 Å². The Morgan fingerprint density at radius 1 is 1.10 bits per heavy atom. The monoisotopic (exact) mass is 284 g/mol. The van der Waals surface area contributed by atoms with Gasteiger partial charge in [-0.2, -0.15) is 9.97 Å². The predicted octanol–water partition coefficient (Wildman–Crippen LogP) is 1.75. The molecule has 7 nitrogen and oxygen atoms in total. The minimum Gasteiger partial charge on any atom is -0.467 e. The van der Waals surface area contributed by atoms with Gasteiger partial charge in [0.1, 0.15) is 6.61 Å². The lowest BCUT2D eigenvalue weighted by atomic mass is 10.2. The molecule has 1 rings (SSSR count). The zero-order valence-electron chi connectivity index (χ0n) is 12.7. The maximum absolute atomic E-state index is 5.44. The van der Waals surface area contributed by atoms with Crippen LogP contribution in [0.15, 0.2) is 0 Å². The van der Waals surface area contributed by atoms with Crippen molar-refractivity contribution in [3.05, 3.63) is 0 Å². The van der Waals surface area contributed by atoms with Gasteiger partial charge >= 0.3 is 12.0 Å². The van der Waals surface area contributed by atoms with Crippen LogP contribution in [0.3, 0.4) is 0 Å². The molecule has 114 valence electrons. The molecule has 1 aromatic heterocycles. The third-order valence-corrected chi connectivity index (χ3v) is 2.22. The van der Waals surface area contributed by atoms with Crippen molar-refractivity contribution in [1.82, 2.24) is 15.0 Å². The van der Waals surface area contributed by atoms with Crippen LogP contribution in [-0.2, 0) is 4.74 Å².